The van der Waals surface area contributed by atoms with Crippen LogP contribution in [0.3, 0.4) is 0 Å². The average molecular weight is 247 g/mol. The highest BCUT2D eigenvalue weighted by Gasteiger charge is 2.25. The van der Waals surface area contributed by atoms with Gasteiger partial charge < -0.3 is 9.64 Å². The molecule has 1 aromatic carbocycles. The second kappa shape index (κ2) is 5.42. The number of amides is 1. The highest BCUT2D eigenvalue weighted by Crippen LogP contribution is 2.27. The summed E-state index contributed by atoms with van der Waals surface area (Å²) >= 11 is 0. The van der Waals surface area contributed by atoms with Crippen molar-refractivity contribution in [2.24, 2.45) is 0 Å². The second-order valence-corrected chi connectivity index (χ2v) is 4.98. The van der Waals surface area contributed by atoms with Crippen molar-refractivity contribution in [3.8, 4) is 5.75 Å². The number of hydrogen-bond acceptors (Lipinski definition) is 2. The predicted molar refractivity (Wildman–Crippen MR) is 72.0 cm³/mol. The van der Waals surface area contributed by atoms with E-state index in [2.05, 4.69) is 0 Å². The molecule has 1 atom stereocenters. The summed E-state index contributed by atoms with van der Waals surface area (Å²) in [6, 6.07) is 5.93. The Balaban J connectivity index is 2.21. The largest absolute Gasteiger partial charge is 0.497 e. The van der Waals surface area contributed by atoms with E-state index in [0.717, 1.165) is 42.8 Å². The fourth-order valence-corrected chi connectivity index (χ4v) is 2.56. The van der Waals surface area contributed by atoms with Crippen molar-refractivity contribution in [3.63, 3.8) is 0 Å². The van der Waals surface area contributed by atoms with E-state index < -0.39 is 0 Å². The zero-order chi connectivity index (χ0) is 13.1. The standard InChI is InChI=1S/C15H21NO2/c1-11-6-7-13(18-3)10-14(11)12(2)15(17)16-8-4-5-9-16/h6-7,10,12H,4-5,8-9H2,1-3H3/t12-/m1/s1. The smallest absolute Gasteiger partial charge is 0.229 e. The van der Waals surface area contributed by atoms with Crippen LogP contribution in [0.4, 0.5) is 0 Å². The zero-order valence-corrected chi connectivity index (χ0v) is 11.4. The first-order chi connectivity index (χ1) is 8.63. The van der Waals surface area contributed by atoms with Crippen molar-refractivity contribution in [2.45, 2.75) is 32.6 Å². The molecule has 1 fully saturated rings. The molecule has 0 aliphatic carbocycles. The molecule has 3 nitrogen and oxygen atoms in total. The fraction of sp³-hybridized carbons (Fsp3) is 0.533. The summed E-state index contributed by atoms with van der Waals surface area (Å²) in [6.45, 7) is 5.85. The Kier molecular flexibility index (Phi) is 3.90. The molecule has 0 bridgehead atoms. The minimum atomic E-state index is -0.0850. The highest BCUT2D eigenvalue weighted by molar-refractivity contribution is 5.84. The van der Waals surface area contributed by atoms with Crippen LogP contribution < -0.4 is 4.74 Å². The molecule has 1 aliphatic heterocycles. The SMILES string of the molecule is COc1ccc(C)c([C@@H](C)C(=O)N2CCCC2)c1. The van der Waals surface area contributed by atoms with Gasteiger partial charge in [0.05, 0.1) is 13.0 Å². The quantitative estimate of drug-likeness (QED) is 0.822. The molecular weight excluding hydrogens is 226 g/mol. The van der Waals surface area contributed by atoms with Crippen molar-refractivity contribution in [3.05, 3.63) is 29.3 Å². The zero-order valence-electron chi connectivity index (χ0n) is 11.4. The number of hydrogen-bond donors (Lipinski definition) is 0. The van der Waals surface area contributed by atoms with Crippen LogP contribution in [0.5, 0.6) is 5.75 Å². The Morgan fingerprint density at radius 3 is 2.61 bits per heavy atom. The molecule has 1 saturated heterocycles. The van der Waals surface area contributed by atoms with Crippen LogP contribution >= 0.6 is 0 Å². The van der Waals surface area contributed by atoms with Crippen molar-refractivity contribution in [1.82, 2.24) is 4.90 Å². The van der Waals surface area contributed by atoms with E-state index in [4.69, 9.17) is 4.74 Å². The second-order valence-electron chi connectivity index (χ2n) is 4.98. The maximum absolute atomic E-state index is 12.4. The summed E-state index contributed by atoms with van der Waals surface area (Å²) in [6.07, 6.45) is 2.27. The number of methoxy groups -OCH3 is 1. The van der Waals surface area contributed by atoms with Crippen LogP contribution in [-0.2, 0) is 4.79 Å². The van der Waals surface area contributed by atoms with Gasteiger partial charge in [0, 0.05) is 13.1 Å². The van der Waals surface area contributed by atoms with Gasteiger partial charge in [-0.1, -0.05) is 6.07 Å². The van der Waals surface area contributed by atoms with Gasteiger partial charge in [0.25, 0.3) is 0 Å². The molecule has 98 valence electrons. The number of carbonyl (C=O) groups is 1. The third kappa shape index (κ3) is 2.50. The van der Waals surface area contributed by atoms with Crippen molar-refractivity contribution in [1.29, 1.82) is 0 Å². The normalized spacial score (nSPS) is 16.7. The maximum atomic E-state index is 12.4. The monoisotopic (exact) mass is 247 g/mol. The number of rotatable bonds is 3. The number of aryl methyl sites for hydroxylation is 1. The molecule has 0 saturated carbocycles. The fourth-order valence-electron chi connectivity index (χ4n) is 2.56. The van der Waals surface area contributed by atoms with E-state index in [-0.39, 0.29) is 11.8 Å². The topological polar surface area (TPSA) is 29.5 Å². The van der Waals surface area contributed by atoms with Crippen LogP contribution in [0.15, 0.2) is 18.2 Å². The van der Waals surface area contributed by atoms with Gasteiger partial charge in [0.2, 0.25) is 5.91 Å². The Morgan fingerprint density at radius 2 is 2.00 bits per heavy atom. The van der Waals surface area contributed by atoms with Crippen molar-refractivity contribution < 1.29 is 9.53 Å². The van der Waals surface area contributed by atoms with E-state index in [1.54, 1.807) is 7.11 Å². The lowest BCUT2D eigenvalue weighted by Gasteiger charge is -2.22. The van der Waals surface area contributed by atoms with Crippen LogP contribution in [-0.4, -0.2) is 31.0 Å². The molecule has 1 aliphatic rings. The summed E-state index contributed by atoms with van der Waals surface area (Å²) in [5, 5.41) is 0. The summed E-state index contributed by atoms with van der Waals surface area (Å²) < 4.78 is 5.24. The summed E-state index contributed by atoms with van der Waals surface area (Å²) in [4.78, 5) is 14.4. The van der Waals surface area contributed by atoms with Gasteiger partial charge in [-0.05, 0) is 49.9 Å². The Morgan fingerprint density at radius 1 is 1.33 bits per heavy atom. The first kappa shape index (κ1) is 12.9. The number of likely N-dealkylation sites (tertiary alicyclic amines) is 1. The molecule has 1 aromatic rings. The van der Waals surface area contributed by atoms with Crippen molar-refractivity contribution >= 4 is 5.91 Å². The predicted octanol–water partition coefficient (Wildman–Crippen LogP) is 2.73. The number of nitrogens with zero attached hydrogens (tertiary/aromatic N) is 1. The van der Waals surface area contributed by atoms with Gasteiger partial charge >= 0.3 is 0 Å². The lowest BCUT2D eigenvalue weighted by Crippen LogP contribution is -2.31. The lowest BCUT2D eigenvalue weighted by atomic mass is 9.95. The number of benzene rings is 1. The Bertz CT molecular complexity index is 436. The van der Waals surface area contributed by atoms with Gasteiger partial charge in [-0.15, -0.1) is 0 Å². The van der Waals surface area contributed by atoms with E-state index >= 15 is 0 Å². The lowest BCUT2D eigenvalue weighted by molar-refractivity contribution is -0.131. The van der Waals surface area contributed by atoms with Gasteiger partial charge in [-0.2, -0.15) is 0 Å². The summed E-state index contributed by atoms with van der Waals surface area (Å²) in [5.74, 6) is 0.971. The summed E-state index contributed by atoms with van der Waals surface area (Å²) in [7, 11) is 1.65. The van der Waals surface area contributed by atoms with E-state index in [1.807, 2.05) is 36.9 Å². The number of ether oxygens (including phenoxy) is 1. The minimum absolute atomic E-state index is 0.0850. The van der Waals surface area contributed by atoms with Gasteiger partial charge in [-0.3, -0.25) is 4.79 Å². The molecule has 0 radical (unpaired) electrons. The molecule has 0 spiro atoms. The maximum Gasteiger partial charge on any atom is 0.229 e. The molecule has 0 unspecified atom stereocenters. The van der Waals surface area contributed by atoms with Gasteiger partial charge in [0.15, 0.2) is 0 Å². The first-order valence-corrected chi connectivity index (χ1v) is 6.57. The molecule has 1 heterocycles. The van der Waals surface area contributed by atoms with Gasteiger partial charge in [0.1, 0.15) is 5.75 Å². The molecule has 0 N–H and O–H groups in total. The van der Waals surface area contributed by atoms with E-state index in [1.165, 1.54) is 0 Å². The van der Waals surface area contributed by atoms with Crippen LogP contribution in [0, 0.1) is 6.92 Å². The Labute approximate surface area is 109 Å². The highest BCUT2D eigenvalue weighted by atomic mass is 16.5. The Hall–Kier alpha value is -1.51. The number of carbonyl (C=O) groups excluding carboxylic acids is 1. The first-order valence-electron chi connectivity index (χ1n) is 6.57. The van der Waals surface area contributed by atoms with Gasteiger partial charge in [-0.25, -0.2) is 0 Å². The molecule has 1 amide bonds. The average Bonchev–Trinajstić information content (AvgIpc) is 2.91. The van der Waals surface area contributed by atoms with Crippen LogP contribution in [0.1, 0.15) is 36.8 Å². The molecule has 3 heteroatoms. The van der Waals surface area contributed by atoms with Crippen molar-refractivity contribution in [2.75, 3.05) is 20.2 Å². The molecule has 2 rings (SSSR count). The third-order valence-corrected chi connectivity index (χ3v) is 3.74. The van der Waals surface area contributed by atoms with Crippen LogP contribution in [0.2, 0.25) is 0 Å². The van der Waals surface area contributed by atoms with Crippen LogP contribution in [0.25, 0.3) is 0 Å². The summed E-state index contributed by atoms with van der Waals surface area (Å²) in [5.41, 5.74) is 2.22. The third-order valence-electron chi connectivity index (χ3n) is 3.74. The molecule has 0 aromatic heterocycles. The van der Waals surface area contributed by atoms with E-state index in [0.29, 0.717) is 0 Å². The van der Waals surface area contributed by atoms with E-state index in [9.17, 15) is 4.79 Å². The molecular formula is C15H21NO2. The molecule has 18 heavy (non-hydrogen) atoms. The minimum Gasteiger partial charge on any atom is -0.497 e.